The van der Waals surface area contributed by atoms with Gasteiger partial charge in [0.05, 0.1) is 36.3 Å². The third-order valence-electron chi connectivity index (χ3n) is 12.7. The molecule has 4 aromatic carbocycles. The highest BCUT2D eigenvalue weighted by atomic mass is 19.1. The molecule has 0 aliphatic heterocycles. The van der Waals surface area contributed by atoms with Crippen molar-refractivity contribution in [1.82, 2.24) is 30.6 Å². The van der Waals surface area contributed by atoms with Crippen molar-refractivity contribution < 1.29 is 42.0 Å². The van der Waals surface area contributed by atoms with E-state index in [0.717, 1.165) is 60.4 Å². The van der Waals surface area contributed by atoms with Crippen LogP contribution in [0.2, 0.25) is 0 Å². The molecule has 3 aliphatic carbocycles. The highest BCUT2D eigenvalue weighted by Gasteiger charge is 2.45. The number of aromatic nitrogens is 4. The lowest BCUT2D eigenvalue weighted by atomic mass is 10.1. The van der Waals surface area contributed by atoms with Crippen LogP contribution in [0.25, 0.3) is 43.6 Å². The Balaban J connectivity index is 0.000000157. The lowest BCUT2D eigenvalue weighted by molar-refractivity contribution is -0.120. The van der Waals surface area contributed by atoms with Crippen LogP contribution >= 0.6 is 0 Å². The van der Waals surface area contributed by atoms with Crippen molar-refractivity contribution in [3.05, 3.63) is 108 Å². The van der Waals surface area contributed by atoms with E-state index in [1.165, 1.54) is 19.8 Å². The van der Waals surface area contributed by atoms with Crippen LogP contribution in [-0.2, 0) is 4.79 Å². The SMILES string of the molecule is COc1cc2c(Oc3ccc4[nH]c(C)cc4c3F)ccnc2cc1OCC1(NC(C)=O)CC1.COc1cc2c(Oc3ccc4[nH]c(C)cc4c3F)ccnc2cc1OCC1(NCC2CC2)CC1. The zero-order valence-corrected chi connectivity index (χ0v) is 38.0. The number of carbonyl (C=O) groups excluding carboxylic acids is 1. The molecule has 4 N–H and O–H groups in total. The number of aryl methyl sites for hydroxylation is 2. The highest BCUT2D eigenvalue weighted by molar-refractivity contribution is 5.90. The Kier molecular flexibility index (Phi) is 11.5. The molecule has 67 heavy (non-hydrogen) atoms. The van der Waals surface area contributed by atoms with Crippen LogP contribution in [0.3, 0.4) is 0 Å². The number of hydrogen-bond acceptors (Lipinski definition) is 10. The average molecular weight is 911 g/mol. The predicted molar refractivity (Wildman–Crippen MR) is 252 cm³/mol. The molecule has 0 saturated heterocycles. The maximum Gasteiger partial charge on any atom is 0.217 e. The van der Waals surface area contributed by atoms with E-state index < -0.39 is 11.6 Å². The lowest BCUT2D eigenvalue weighted by Gasteiger charge is -2.20. The molecule has 15 heteroatoms. The van der Waals surface area contributed by atoms with Crippen molar-refractivity contribution in [2.75, 3.05) is 34.0 Å². The molecule has 11 rings (SSSR count). The van der Waals surface area contributed by atoms with Crippen molar-refractivity contribution in [3.63, 3.8) is 0 Å². The highest BCUT2D eigenvalue weighted by Crippen LogP contribution is 2.43. The van der Waals surface area contributed by atoms with Gasteiger partial charge in [-0.15, -0.1) is 0 Å². The Morgan fingerprint density at radius 3 is 1.54 bits per heavy atom. The van der Waals surface area contributed by atoms with Crippen LogP contribution in [0.1, 0.15) is 56.8 Å². The number of ether oxygens (including phenoxy) is 6. The zero-order chi connectivity index (χ0) is 46.5. The van der Waals surface area contributed by atoms with Gasteiger partial charge < -0.3 is 49.0 Å². The van der Waals surface area contributed by atoms with Gasteiger partial charge in [-0.1, -0.05) is 0 Å². The number of fused-ring (bicyclic) bond motifs is 4. The Bertz CT molecular complexity index is 3170. The number of methoxy groups -OCH3 is 2. The maximum atomic E-state index is 15.1. The normalized spacial score (nSPS) is 15.5. The first kappa shape index (κ1) is 43.7. The second-order valence-corrected chi connectivity index (χ2v) is 18.1. The molecule has 4 aromatic heterocycles. The lowest BCUT2D eigenvalue weighted by Crippen LogP contribution is -2.40. The third kappa shape index (κ3) is 9.33. The summed E-state index contributed by atoms with van der Waals surface area (Å²) in [6.07, 6.45) is 9.92. The smallest absolute Gasteiger partial charge is 0.217 e. The zero-order valence-electron chi connectivity index (χ0n) is 38.0. The molecule has 0 radical (unpaired) electrons. The van der Waals surface area contributed by atoms with E-state index in [1.807, 2.05) is 32.0 Å². The summed E-state index contributed by atoms with van der Waals surface area (Å²) in [6.45, 7) is 7.29. The monoisotopic (exact) mass is 910 g/mol. The second-order valence-electron chi connectivity index (χ2n) is 18.1. The van der Waals surface area contributed by atoms with E-state index in [2.05, 4.69) is 30.6 Å². The van der Waals surface area contributed by atoms with Crippen molar-refractivity contribution in [2.24, 2.45) is 5.92 Å². The Labute approximate surface area is 385 Å². The first-order valence-corrected chi connectivity index (χ1v) is 22.6. The summed E-state index contributed by atoms with van der Waals surface area (Å²) in [5, 5.41) is 9.02. The minimum atomic E-state index is -0.429. The number of amides is 1. The fraction of sp³-hybridized carbons (Fsp3) is 0.327. The molecule has 346 valence electrons. The van der Waals surface area contributed by atoms with Gasteiger partial charge in [-0.2, -0.15) is 0 Å². The van der Waals surface area contributed by atoms with E-state index in [0.29, 0.717) is 80.4 Å². The van der Waals surface area contributed by atoms with Gasteiger partial charge in [0.2, 0.25) is 5.91 Å². The van der Waals surface area contributed by atoms with E-state index in [9.17, 15) is 4.79 Å². The molecule has 3 saturated carbocycles. The Morgan fingerprint density at radius 1 is 0.627 bits per heavy atom. The van der Waals surface area contributed by atoms with Gasteiger partial charge in [-0.05, 0) is 125 Å². The van der Waals surface area contributed by atoms with Crippen LogP contribution in [0, 0.1) is 31.4 Å². The molecule has 0 unspecified atom stereocenters. The van der Waals surface area contributed by atoms with Crippen LogP contribution in [-0.4, -0.2) is 70.9 Å². The number of carbonyl (C=O) groups is 1. The van der Waals surface area contributed by atoms with Gasteiger partial charge in [0, 0.05) is 75.4 Å². The van der Waals surface area contributed by atoms with Crippen molar-refractivity contribution in [3.8, 4) is 46.0 Å². The summed E-state index contributed by atoms with van der Waals surface area (Å²) in [5.74, 6) is 3.43. The number of nitrogens with zero attached hydrogens (tertiary/aromatic N) is 2. The molecule has 1 amide bonds. The average Bonchev–Trinajstić information content (AvgIpc) is 4.28. The van der Waals surface area contributed by atoms with Crippen LogP contribution in [0.15, 0.2) is 85.2 Å². The standard InChI is InChI=1S/C27H28FN3O3.C25H24FN3O4/c1-16-11-19-20(31-16)5-6-23(26(19)28)34-22-7-10-29-21-13-25(24(32-2)12-18(21)22)33-15-27(8-9-27)30-14-17-3-4-17;1-14-10-17-18(28-14)4-5-21(24(17)26)33-20-6-9-27-19-12-23(22(31-3)11-16(19)20)32-13-25(7-8-25)29-15(2)30/h5-7,10-13,17,30-31H,3-4,8-9,14-15H2,1-2H3;4-6,9-12,28H,7-8,13H2,1-3H3,(H,29,30). The van der Waals surface area contributed by atoms with Crippen molar-refractivity contribution >= 4 is 49.5 Å². The number of halogens is 2. The number of benzene rings is 4. The van der Waals surface area contributed by atoms with Gasteiger partial charge in [0.25, 0.3) is 0 Å². The predicted octanol–water partition coefficient (Wildman–Crippen LogP) is 10.9. The molecule has 3 fully saturated rings. The summed E-state index contributed by atoms with van der Waals surface area (Å²) in [6, 6.07) is 21.0. The molecule has 8 aromatic rings. The summed E-state index contributed by atoms with van der Waals surface area (Å²) in [5.41, 5.74) is 4.30. The largest absolute Gasteiger partial charge is 0.493 e. The number of H-pyrrole nitrogens is 2. The third-order valence-corrected chi connectivity index (χ3v) is 12.7. The second kappa shape index (κ2) is 17.6. The topological polar surface area (TPSA) is 154 Å². The molecule has 4 heterocycles. The maximum absolute atomic E-state index is 15.1. The van der Waals surface area contributed by atoms with Crippen LogP contribution in [0.4, 0.5) is 8.78 Å². The van der Waals surface area contributed by atoms with Crippen LogP contribution in [0.5, 0.6) is 46.0 Å². The minimum Gasteiger partial charge on any atom is -0.493 e. The number of hydrogen-bond donors (Lipinski definition) is 4. The van der Waals surface area contributed by atoms with Crippen molar-refractivity contribution in [2.45, 2.75) is 70.4 Å². The number of nitrogens with one attached hydrogen (secondary N) is 4. The van der Waals surface area contributed by atoms with Gasteiger partial charge >= 0.3 is 0 Å². The summed E-state index contributed by atoms with van der Waals surface area (Å²) < 4.78 is 65.5. The molecule has 3 aliphatic rings. The Hall–Kier alpha value is -7.13. The summed E-state index contributed by atoms with van der Waals surface area (Å²) in [4.78, 5) is 26.6. The minimum absolute atomic E-state index is 0.0771. The van der Waals surface area contributed by atoms with Gasteiger partial charge in [0.15, 0.2) is 46.1 Å². The van der Waals surface area contributed by atoms with E-state index in [1.54, 1.807) is 81.2 Å². The van der Waals surface area contributed by atoms with Crippen molar-refractivity contribution in [1.29, 1.82) is 0 Å². The summed E-state index contributed by atoms with van der Waals surface area (Å²) >= 11 is 0. The first-order chi connectivity index (χ1) is 32.4. The molecular formula is C52H52F2N6O7. The quantitative estimate of drug-likeness (QED) is 0.0737. The fourth-order valence-electron chi connectivity index (χ4n) is 8.42. The van der Waals surface area contributed by atoms with E-state index >= 15 is 8.78 Å². The van der Waals surface area contributed by atoms with Gasteiger partial charge in [-0.3, -0.25) is 14.8 Å². The molecule has 13 nitrogen and oxygen atoms in total. The number of aromatic amines is 2. The summed E-state index contributed by atoms with van der Waals surface area (Å²) in [7, 11) is 3.17. The number of pyridine rings is 2. The van der Waals surface area contributed by atoms with Crippen LogP contribution < -0.4 is 39.1 Å². The molecular weight excluding hydrogens is 859 g/mol. The molecule has 0 spiro atoms. The fourth-order valence-corrected chi connectivity index (χ4v) is 8.42. The van der Waals surface area contributed by atoms with Gasteiger partial charge in [0.1, 0.15) is 24.7 Å². The Morgan fingerprint density at radius 2 is 1.10 bits per heavy atom. The van der Waals surface area contributed by atoms with Gasteiger partial charge in [-0.25, -0.2) is 8.78 Å². The number of rotatable bonds is 16. The first-order valence-electron chi connectivity index (χ1n) is 22.6. The molecule has 0 atom stereocenters. The van der Waals surface area contributed by atoms with E-state index in [-0.39, 0.29) is 28.5 Å². The van der Waals surface area contributed by atoms with E-state index in [4.69, 9.17) is 28.4 Å². The molecule has 0 bridgehead atoms.